The molecule has 0 aliphatic rings. The van der Waals surface area contributed by atoms with Crippen LogP contribution in [0.2, 0.25) is 0 Å². The summed E-state index contributed by atoms with van der Waals surface area (Å²) in [5.41, 5.74) is 17.8. The molecule has 228 valence electrons. The van der Waals surface area contributed by atoms with Crippen LogP contribution in [0.15, 0.2) is 35.5 Å². The highest BCUT2D eigenvalue weighted by Crippen LogP contribution is 2.19. The minimum absolute atomic E-state index is 0.00176. The van der Waals surface area contributed by atoms with Gasteiger partial charge in [-0.25, -0.2) is 4.79 Å². The van der Waals surface area contributed by atoms with E-state index in [1.54, 1.807) is 12.3 Å². The Balaban J connectivity index is 2.02. The number of para-hydroxylation sites is 1. The van der Waals surface area contributed by atoms with Gasteiger partial charge >= 0.3 is 11.9 Å². The average molecular weight is 590 g/mol. The van der Waals surface area contributed by atoms with Crippen LogP contribution in [-0.2, 0) is 35.2 Å². The molecule has 0 saturated carbocycles. The number of aliphatic carboxylic acids is 2. The fourth-order valence-electron chi connectivity index (χ4n) is 3.83. The van der Waals surface area contributed by atoms with Crippen LogP contribution in [0.4, 0.5) is 0 Å². The molecular formula is C25H35N9O8. The molecule has 1 aromatic carbocycles. The predicted octanol–water partition coefficient (Wildman–Crippen LogP) is -3.15. The molecule has 13 N–H and O–H groups in total. The quantitative estimate of drug-likeness (QED) is 0.0499. The molecule has 3 atom stereocenters. The number of carbonyl (C=O) groups is 6. The van der Waals surface area contributed by atoms with E-state index in [-0.39, 0.29) is 25.3 Å². The number of nitrogens with zero attached hydrogens (tertiary/aromatic N) is 1. The van der Waals surface area contributed by atoms with Crippen molar-refractivity contribution in [2.45, 2.75) is 43.8 Å². The second-order valence-corrected chi connectivity index (χ2v) is 9.23. The van der Waals surface area contributed by atoms with Gasteiger partial charge in [0, 0.05) is 30.1 Å². The molecule has 0 unspecified atom stereocenters. The first kappa shape index (κ1) is 33.0. The zero-order chi connectivity index (χ0) is 31.2. The van der Waals surface area contributed by atoms with Gasteiger partial charge in [-0.15, -0.1) is 0 Å². The van der Waals surface area contributed by atoms with Crippen LogP contribution in [0, 0.1) is 0 Å². The molecule has 0 radical (unpaired) electrons. The topological polar surface area (TPSA) is 297 Å². The summed E-state index contributed by atoms with van der Waals surface area (Å²) in [7, 11) is 0. The van der Waals surface area contributed by atoms with E-state index in [0.717, 1.165) is 10.9 Å². The summed E-state index contributed by atoms with van der Waals surface area (Å²) in [6, 6.07) is 3.42. The molecule has 17 nitrogen and oxygen atoms in total. The number of amides is 4. The number of hydrogen-bond acceptors (Lipinski definition) is 8. The van der Waals surface area contributed by atoms with Crippen molar-refractivity contribution in [3.05, 3.63) is 36.0 Å². The Morgan fingerprint density at radius 2 is 1.52 bits per heavy atom. The Kier molecular flexibility index (Phi) is 12.7. The van der Waals surface area contributed by atoms with Crippen molar-refractivity contribution in [2.75, 3.05) is 19.6 Å². The van der Waals surface area contributed by atoms with Crippen LogP contribution < -0.4 is 38.5 Å². The average Bonchev–Trinajstić information content (AvgIpc) is 3.34. The van der Waals surface area contributed by atoms with Gasteiger partial charge in [-0.1, -0.05) is 18.2 Å². The molecule has 2 aromatic rings. The Morgan fingerprint density at radius 3 is 2.14 bits per heavy atom. The first-order valence-electron chi connectivity index (χ1n) is 12.8. The molecule has 0 saturated heterocycles. The normalized spacial score (nSPS) is 12.8. The molecule has 2 rings (SSSR count). The highest BCUT2D eigenvalue weighted by molar-refractivity contribution is 5.94. The second-order valence-electron chi connectivity index (χ2n) is 9.23. The number of carboxylic acids is 2. The fourth-order valence-corrected chi connectivity index (χ4v) is 3.83. The largest absolute Gasteiger partial charge is 0.481 e. The van der Waals surface area contributed by atoms with Crippen LogP contribution in [-0.4, -0.2) is 94.5 Å². The molecule has 0 bridgehead atoms. The highest BCUT2D eigenvalue weighted by Gasteiger charge is 2.26. The van der Waals surface area contributed by atoms with Crippen molar-refractivity contribution in [1.82, 2.24) is 26.3 Å². The van der Waals surface area contributed by atoms with E-state index in [1.165, 1.54) is 0 Å². The lowest BCUT2D eigenvalue weighted by atomic mass is 10.0. The summed E-state index contributed by atoms with van der Waals surface area (Å²) in [5.74, 6) is -6.12. The Hall–Kier alpha value is -5.19. The molecule has 0 spiro atoms. The molecule has 42 heavy (non-hydrogen) atoms. The van der Waals surface area contributed by atoms with Crippen molar-refractivity contribution >= 4 is 52.4 Å². The third-order valence-corrected chi connectivity index (χ3v) is 5.91. The number of benzene rings is 1. The summed E-state index contributed by atoms with van der Waals surface area (Å²) in [4.78, 5) is 79.0. The lowest BCUT2D eigenvalue weighted by Gasteiger charge is -2.19. The van der Waals surface area contributed by atoms with Crippen LogP contribution in [0.3, 0.4) is 0 Å². The number of guanidine groups is 1. The smallest absolute Gasteiger partial charge is 0.326 e. The summed E-state index contributed by atoms with van der Waals surface area (Å²) in [6.45, 7) is -0.898. The second kappa shape index (κ2) is 16.2. The number of fused-ring (bicyclic) bond motifs is 1. The van der Waals surface area contributed by atoms with Gasteiger partial charge in [0.1, 0.15) is 12.1 Å². The molecule has 0 aliphatic heterocycles. The predicted molar refractivity (Wildman–Crippen MR) is 150 cm³/mol. The van der Waals surface area contributed by atoms with E-state index >= 15 is 0 Å². The van der Waals surface area contributed by atoms with Crippen molar-refractivity contribution in [3.63, 3.8) is 0 Å². The minimum Gasteiger partial charge on any atom is -0.481 e. The maximum Gasteiger partial charge on any atom is 0.326 e. The monoisotopic (exact) mass is 589 g/mol. The van der Waals surface area contributed by atoms with Crippen molar-refractivity contribution in [3.8, 4) is 0 Å². The molecule has 1 heterocycles. The van der Waals surface area contributed by atoms with Gasteiger partial charge in [0.15, 0.2) is 5.96 Å². The van der Waals surface area contributed by atoms with Crippen LogP contribution in [0.5, 0.6) is 0 Å². The molecule has 0 aliphatic carbocycles. The van der Waals surface area contributed by atoms with E-state index in [1.807, 2.05) is 23.5 Å². The van der Waals surface area contributed by atoms with E-state index < -0.39 is 73.2 Å². The van der Waals surface area contributed by atoms with E-state index in [2.05, 4.69) is 25.9 Å². The van der Waals surface area contributed by atoms with E-state index in [0.29, 0.717) is 12.0 Å². The molecule has 17 heteroatoms. The standard InChI is InChI=1S/C25H35N9O8/c26-15(5-3-7-29-25(27)28)22(39)31-11-19(35)33-17(8-13-10-30-16-6-2-1-4-14(13)16)23(40)32-12-20(36)34-18(24(41)42)9-21(37)38/h1-2,4,6,10,15,17-18,30H,3,5,7-9,11-12,26H2,(H,31,39)(H,32,40)(H,33,35)(H,34,36)(H,37,38)(H,41,42)(H4,27,28,29)/t15-,17-,18-/m0/s1. The Morgan fingerprint density at radius 1 is 0.905 bits per heavy atom. The number of nitrogens with two attached hydrogens (primary N) is 3. The van der Waals surface area contributed by atoms with Crippen molar-refractivity contribution in [1.29, 1.82) is 0 Å². The number of nitrogens with one attached hydrogen (secondary N) is 5. The molecule has 4 amide bonds. The minimum atomic E-state index is -1.70. The van der Waals surface area contributed by atoms with Gasteiger partial charge in [-0.2, -0.15) is 0 Å². The number of carboxylic acid groups (broad SMARTS) is 2. The number of H-pyrrole nitrogens is 1. The lowest BCUT2D eigenvalue weighted by molar-refractivity contribution is -0.147. The van der Waals surface area contributed by atoms with Gasteiger partial charge in [0.05, 0.1) is 25.6 Å². The van der Waals surface area contributed by atoms with Crippen LogP contribution in [0.1, 0.15) is 24.8 Å². The number of rotatable bonds is 17. The fraction of sp³-hybridized carbons (Fsp3) is 0.400. The van der Waals surface area contributed by atoms with Gasteiger partial charge in [-0.05, 0) is 24.5 Å². The maximum absolute atomic E-state index is 13.0. The van der Waals surface area contributed by atoms with Gasteiger partial charge in [-0.3, -0.25) is 29.0 Å². The molecule has 0 fully saturated rings. The van der Waals surface area contributed by atoms with Gasteiger partial charge in [0.25, 0.3) is 0 Å². The number of aromatic amines is 1. The highest BCUT2D eigenvalue weighted by atomic mass is 16.4. The van der Waals surface area contributed by atoms with Crippen LogP contribution in [0.25, 0.3) is 10.9 Å². The number of hydrogen-bond donors (Lipinski definition) is 10. The number of aromatic nitrogens is 1. The number of aliphatic imine (C=N–C) groups is 1. The zero-order valence-electron chi connectivity index (χ0n) is 22.6. The molecular weight excluding hydrogens is 554 g/mol. The summed E-state index contributed by atoms with van der Waals surface area (Å²) >= 11 is 0. The Labute approximate surface area is 239 Å². The number of carbonyl (C=O) groups excluding carboxylic acids is 4. The van der Waals surface area contributed by atoms with Gasteiger partial charge < -0.3 is 53.7 Å². The van der Waals surface area contributed by atoms with E-state index in [4.69, 9.17) is 27.4 Å². The van der Waals surface area contributed by atoms with Crippen LogP contribution >= 0.6 is 0 Å². The van der Waals surface area contributed by atoms with Gasteiger partial charge in [0.2, 0.25) is 23.6 Å². The summed E-state index contributed by atoms with van der Waals surface area (Å²) in [5, 5.41) is 27.9. The lowest BCUT2D eigenvalue weighted by Crippen LogP contribution is -2.53. The Bertz CT molecular complexity index is 1320. The van der Waals surface area contributed by atoms with E-state index in [9.17, 15) is 28.8 Å². The first-order chi connectivity index (χ1) is 19.9. The summed E-state index contributed by atoms with van der Waals surface area (Å²) < 4.78 is 0. The third kappa shape index (κ3) is 11.1. The first-order valence-corrected chi connectivity index (χ1v) is 12.8. The van der Waals surface area contributed by atoms with Crippen molar-refractivity contribution in [2.24, 2.45) is 22.2 Å². The SMILES string of the molecule is NC(N)=NCCC[C@H](N)C(=O)NCC(=O)N[C@@H](Cc1c[nH]c2ccccc12)C(=O)NCC(=O)N[C@@H](CC(=O)O)C(=O)O. The van der Waals surface area contributed by atoms with Crippen molar-refractivity contribution < 1.29 is 39.0 Å². The third-order valence-electron chi connectivity index (χ3n) is 5.91. The zero-order valence-corrected chi connectivity index (χ0v) is 22.6. The maximum atomic E-state index is 13.0. The molecule has 1 aromatic heterocycles. The summed E-state index contributed by atoms with van der Waals surface area (Å²) in [6.07, 6.45) is 1.49.